The number of carbonyl (C=O) groups excluding carboxylic acids is 1. The first kappa shape index (κ1) is 36.5. The number of hydrogen-bond acceptors (Lipinski definition) is 9. The molecule has 260 valence electrons. The van der Waals surface area contributed by atoms with Crippen molar-refractivity contribution < 1.29 is 30.0 Å². The van der Waals surface area contributed by atoms with E-state index in [9.17, 15) is 30.0 Å². The van der Waals surface area contributed by atoms with Crippen molar-refractivity contribution in [3.63, 3.8) is 0 Å². The highest BCUT2D eigenvalue weighted by molar-refractivity contribution is 5.83. The maximum atomic E-state index is 12.9. The number of carbonyl (C=O) groups is 2. The number of likely N-dealkylation sites (N-methyl/N-ethyl adjacent to an activating group) is 1. The third kappa shape index (κ3) is 8.21. The third-order valence-electron chi connectivity index (χ3n) is 12.8. The lowest BCUT2D eigenvalue weighted by Crippen LogP contribution is -2.62. The first-order valence-electron chi connectivity index (χ1n) is 17.8. The summed E-state index contributed by atoms with van der Waals surface area (Å²) >= 11 is 0. The van der Waals surface area contributed by atoms with Crippen LogP contribution in [-0.4, -0.2) is 103 Å². The number of rotatable bonds is 17. The lowest BCUT2D eigenvalue weighted by molar-refractivity contribution is -0.207. The summed E-state index contributed by atoms with van der Waals surface area (Å²) < 4.78 is 0. The zero-order valence-corrected chi connectivity index (χ0v) is 28.2. The van der Waals surface area contributed by atoms with E-state index in [0.717, 1.165) is 71.2 Å². The maximum absolute atomic E-state index is 12.9. The number of amides is 1. The normalized spacial score (nSPS) is 38.9. The molecule has 0 aromatic heterocycles. The molecule has 4 aliphatic carbocycles. The van der Waals surface area contributed by atoms with Crippen LogP contribution in [0.4, 0.5) is 0 Å². The number of carboxylic acid groups (broad SMARTS) is 1. The molecule has 45 heavy (non-hydrogen) atoms. The second-order valence-electron chi connectivity index (χ2n) is 15.2. The molecular formula is C34H63N5O6. The molecule has 0 aromatic rings. The largest absolute Gasteiger partial charge is 0.479 e. The molecule has 0 radical (unpaired) electrons. The van der Waals surface area contributed by atoms with Gasteiger partial charge in [-0.1, -0.05) is 27.7 Å². The van der Waals surface area contributed by atoms with Crippen molar-refractivity contribution in [2.45, 2.75) is 110 Å². The average molecular weight is 638 g/mol. The van der Waals surface area contributed by atoms with Crippen LogP contribution in [0, 0.1) is 46.3 Å². The summed E-state index contributed by atoms with van der Waals surface area (Å²) in [6.45, 7) is 14.2. The van der Waals surface area contributed by atoms with Gasteiger partial charge in [0, 0.05) is 45.7 Å². The Morgan fingerprint density at radius 3 is 2.20 bits per heavy atom. The average Bonchev–Trinajstić information content (AvgIpc) is 3.36. The Balaban J connectivity index is 1.24. The number of aliphatic carboxylic acids is 1. The highest BCUT2D eigenvalue weighted by Gasteiger charge is 2.65. The molecule has 11 heteroatoms. The van der Waals surface area contributed by atoms with Gasteiger partial charge in [-0.3, -0.25) is 10.1 Å². The van der Waals surface area contributed by atoms with E-state index in [0.29, 0.717) is 31.8 Å². The van der Waals surface area contributed by atoms with E-state index in [2.05, 4.69) is 54.3 Å². The van der Waals surface area contributed by atoms with Crippen molar-refractivity contribution in [1.82, 2.24) is 26.6 Å². The smallest absolute Gasteiger partial charge is 0.341 e. The fourth-order valence-corrected chi connectivity index (χ4v) is 10.2. The molecule has 1 unspecified atom stereocenters. The van der Waals surface area contributed by atoms with Crippen molar-refractivity contribution in [2.75, 3.05) is 45.8 Å². The fourth-order valence-electron chi connectivity index (χ4n) is 10.2. The summed E-state index contributed by atoms with van der Waals surface area (Å²) in [6, 6.07) is 0. The van der Waals surface area contributed by atoms with Gasteiger partial charge in [-0.05, 0) is 104 Å². The van der Waals surface area contributed by atoms with Gasteiger partial charge in [-0.25, -0.2) is 4.79 Å². The molecule has 12 atom stereocenters. The van der Waals surface area contributed by atoms with Gasteiger partial charge in [0.25, 0.3) is 0 Å². The minimum atomic E-state index is -1.14. The van der Waals surface area contributed by atoms with Crippen LogP contribution < -0.4 is 26.6 Å². The predicted octanol–water partition coefficient (Wildman–Crippen LogP) is 1.27. The molecule has 0 aliphatic heterocycles. The van der Waals surface area contributed by atoms with E-state index in [1.165, 1.54) is 0 Å². The summed E-state index contributed by atoms with van der Waals surface area (Å²) in [7, 11) is 0. The number of fused-ring (bicyclic) bond motifs is 5. The standard InChI is InChI=1S/C34H63N5O6/c1-5-35-12-13-36-14-15-37-16-17-38-31(32(44)45)39-29(43)9-6-21(2)24-7-8-25-30-26(20-28(42)34(24,25)4)33(3)11-10-23(40)18-22(33)19-27(30)41/h21-28,30-31,35-38,40-42H,5-20H2,1-4H3,(H,39,43)(H,44,45)/t21-,22+,23-,24-,25+,26+,27-,28+,30+,31?,33+,34-/m1/s1. The Morgan fingerprint density at radius 1 is 0.867 bits per heavy atom. The summed E-state index contributed by atoms with van der Waals surface area (Å²) in [5.74, 6) is -0.0447. The summed E-state index contributed by atoms with van der Waals surface area (Å²) in [5.41, 5.74) is -0.281. The van der Waals surface area contributed by atoms with Crippen LogP contribution in [0.2, 0.25) is 0 Å². The second kappa shape index (κ2) is 16.2. The van der Waals surface area contributed by atoms with Gasteiger partial charge in [-0.15, -0.1) is 0 Å². The monoisotopic (exact) mass is 637 g/mol. The van der Waals surface area contributed by atoms with Gasteiger partial charge in [-0.2, -0.15) is 0 Å². The van der Waals surface area contributed by atoms with Crippen LogP contribution in [0.25, 0.3) is 0 Å². The van der Waals surface area contributed by atoms with E-state index in [4.69, 9.17) is 0 Å². The van der Waals surface area contributed by atoms with Gasteiger partial charge >= 0.3 is 5.97 Å². The van der Waals surface area contributed by atoms with Gasteiger partial charge in [0.15, 0.2) is 6.17 Å². The van der Waals surface area contributed by atoms with Crippen molar-refractivity contribution in [2.24, 2.45) is 46.3 Å². The van der Waals surface area contributed by atoms with E-state index in [1.807, 2.05) is 0 Å². The van der Waals surface area contributed by atoms with Crippen LogP contribution in [0.3, 0.4) is 0 Å². The Morgan fingerprint density at radius 2 is 1.53 bits per heavy atom. The topological polar surface area (TPSA) is 175 Å². The number of nitrogens with one attached hydrogen (secondary N) is 5. The summed E-state index contributed by atoms with van der Waals surface area (Å²) in [4.78, 5) is 24.7. The van der Waals surface area contributed by atoms with Crippen LogP contribution >= 0.6 is 0 Å². The van der Waals surface area contributed by atoms with E-state index >= 15 is 0 Å². The molecule has 4 saturated carbocycles. The number of hydrogen-bond donors (Lipinski definition) is 9. The highest BCUT2D eigenvalue weighted by atomic mass is 16.4. The lowest BCUT2D eigenvalue weighted by atomic mass is 9.43. The van der Waals surface area contributed by atoms with Crippen LogP contribution in [0.15, 0.2) is 0 Å². The molecule has 0 heterocycles. The second-order valence-corrected chi connectivity index (χ2v) is 15.2. The minimum absolute atomic E-state index is 0.0427. The van der Waals surface area contributed by atoms with Crippen molar-refractivity contribution in [3.8, 4) is 0 Å². The van der Waals surface area contributed by atoms with E-state index in [1.54, 1.807) is 0 Å². The van der Waals surface area contributed by atoms with Crippen LogP contribution in [0.1, 0.15) is 85.5 Å². The molecule has 4 aliphatic rings. The molecule has 0 bridgehead atoms. The molecule has 0 spiro atoms. The van der Waals surface area contributed by atoms with Gasteiger partial charge in [0.1, 0.15) is 0 Å². The molecule has 0 saturated heterocycles. The SMILES string of the molecule is CCNCCNCCNCCNC(NC(=O)CC[C@@H](C)[C@H]1CC[C@H]2[C@@H]3[C@H](O)C[C@@H]4C[C@H](O)CC[C@]4(C)[C@H]3C[C@H](O)[C@]12C)C(=O)O. The zero-order valence-electron chi connectivity index (χ0n) is 28.2. The fraction of sp³-hybridized carbons (Fsp3) is 0.941. The molecule has 1 amide bonds. The molecular weight excluding hydrogens is 574 g/mol. The highest BCUT2D eigenvalue weighted by Crippen LogP contribution is 2.68. The van der Waals surface area contributed by atoms with Gasteiger partial charge in [0.05, 0.1) is 18.3 Å². The molecule has 9 N–H and O–H groups in total. The molecule has 4 rings (SSSR count). The molecule has 11 nitrogen and oxygen atoms in total. The third-order valence-corrected chi connectivity index (χ3v) is 12.8. The van der Waals surface area contributed by atoms with Crippen molar-refractivity contribution in [1.29, 1.82) is 0 Å². The number of aliphatic hydroxyl groups excluding tert-OH is 3. The number of aliphatic hydroxyl groups is 3. The first-order chi connectivity index (χ1) is 21.4. The minimum Gasteiger partial charge on any atom is -0.479 e. The van der Waals surface area contributed by atoms with Crippen LogP contribution in [0.5, 0.6) is 0 Å². The Hall–Kier alpha value is -1.34. The predicted molar refractivity (Wildman–Crippen MR) is 174 cm³/mol. The maximum Gasteiger partial charge on any atom is 0.341 e. The van der Waals surface area contributed by atoms with Gasteiger partial charge in [0.2, 0.25) is 5.91 Å². The molecule has 4 fully saturated rings. The zero-order chi connectivity index (χ0) is 32.8. The van der Waals surface area contributed by atoms with Crippen molar-refractivity contribution >= 4 is 11.9 Å². The molecule has 0 aromatic carbocycles. The Bertz CT molecular complexity index is 973. The van der Waals surface area contributed by atoms with Crippen LogP contribution in [-0.2, 0) is 9.59 Å². The quantitative estimate of drug-likeness (QED) is 0.0835. The van der Waals surface area contributed by atoms with Gasteiger partial charge < -0.3 is 41.7 Å². The summed E-state index contributed by atoms with van der Waals surface area (Å²) in [6.07, 6.45) is 4.42. The number of carboxylic acids is 1. The first-order valence-corrected chi connectivity index (χ1v) is 17.8. The Kier molecular flexibility index (Phi) is 13.1. The van der Waals surface area contributed by atoms with E-state index in [-0.39, 0.29) is 58.9 Å². The Labute approximate surface area is 270 Å². The lowest BCUT2D eigenvalue weighted by Gasteiger charge is -2.63. The van der Waals surface area contributed by atoms with E-state index < -0.39 is 24.3 Å². The van der Waals surface area contributed by atoms with Crippen molar-refractivity contribution in [3.05, 3.63) is 0 Å². The summed E-state index contributed by atoms with van der Waals surface area (Å²) in [5, 5.41) is 58.7.